The fourth-order valence-electron chi connectivity index (χ4n) is 5.89. The number of nitrogens with zero attached hydrogens (tertiary/aromatic N) is 5. The summed E-state index contributed by atoms with van der Waals surface area (Å²) in [7, 11) is 0. The third kappa shape index (κ3) is 5.81. The van der Waals surface area contributed by atoms with Gasteiger partial charge in [0.15, 0.2) is 5.65 Å². The molecule has 3 aromatic heterocycles. The number of carbonyl (C=O) groups excluding carboxylic acids is 2. The third-order valence-corrected chi connectivity index (χ3v) is 8.13. The molecular formula is C28H37F2N7O2. The van der Waals surface area contributed by atoms with Crippen molar-refractivity contribution in [2.75, 3.05) is 6.54 Å². The van der Waals surface area contributed by atoms with Crippen LogP contribution >= 0.6 is 0 Å². The number of aromatic nitrogens is 5. The number of halogens is 2. The highest BCUT2D eigenvalue weighted by Gasteiger charge is 2.39. The van der Waals surface area contributed by atoms with E-state index in [1.165, 1.54) is 0 Å². The lowest BCUT2D eigenvalue weighted by molar-refractivity contribution is -0.126. The lowest BCUT2D eigenvalue weighted by Gasteiger charge is -2.33. The molecule has 4 heterocycles. The van der Waals surface area contributed by atoms with Crippen LogP contribution < -0.4 is 10.6 Å². The van der Waals surface area contributed by atoms with Crippen LogP contribution in [0.1, 0.15) is 98.7 Å². The van der Waals surface area contributed by atoms with Crippen molar-refractivity contribution in [3.63, 3.8) is 0 Å². The van der Waals surface area contributed by atoms with Crippen LogP contribution in [0.25, 0.3) is 5.65 Å². The van der Waals surface area contributed by atoms with E-state index in [2.05, 4.69) is 29.6 Å². The van der Waals surface area contributed by atoms with Crippen LogP contribution in [0.5, 0.6) is 0 Å². The van der Waals surface area contributed by atoms with Crippen LogP contribution in [0.3, 0.4) is 0 Å². The van der Waals surface area contributed by atoms with E-state index in [1.54, 1.807) is 27.7 Å². The maximum absolute atomic E-state index is 14.0. The first-order chi connectivity index (χ1) is 18.6. The SMILES string of the molecule is CCn1nccc1C(=O)NC(c1cn2nc(CC3CCCNC3=O)c(C(C)C)cc2n1)C1CCC(F)(F)CC1. The molecule has 1 saturated heterocycles. The van der Waals surface area contributed by atoms with Gasteiger partial charge in [0, 0.05) is 44.5 Å². The zero-order valence-electron chi connectivity index (χ0n) is 22.8. The number of amides is 2. The zero-order chi connectivity index (χ0) is 27.7. The molecule has 2 aliphatic rings. The summed E-state index contributed by atoms with van der Waals surface area (Å²) in [6.07, 6.45) is 5.82. The monoisotopic (exact) mass is 541 g/mol. The Hall–Kier alpha value is -3.37. The molecular weight excluding hydrogens is 504 g/mol. The van der Waals surface area contributed by atoms with Crippen LogP contribution in [-0.4, -0.2) is 48.7 Å². The zero-order valence-corrected chi connectivity index (χ0v) is 22.8. The van der Waals surface area contributed by atoms with Gasteiger partial charge in [-0.2, -0.15) is 10.2 Å². The first-order valence-electron chi connectivity index (χ1n) is 14.0. The summed E-state index contributed by atoms with van der Waals surface area (Å²) in [4.78, 5) is 30.6. The molecule has 11 heteroatoms. The van der Waals surface area contributed by atoms with Crippen molar-refractivity contribution in [1.82, 2.24) is 35.0 Å². The number of rotatable bonds is 8. The van der Waals surface area contributed by atoms with Crippen molar-refractivity contribution in [3.8, 4) is 0 Å². The fourth-order valence-corrected chi connectivity index (χ4v) is 5.89. The minimum absolute atomic E-state index is 0.0624. The van der Waals surface area contributed by atoms with Gasteiger partial charge >= 0.3 is 0 Å². The average molecular weight is 542 g/mol. The standard InChI is InChI=1S/C28H37F2N7O2/c1-4-36-23(9-13-32-36)27(39)34-25(18-7-10-28(29,30)11-8-18)22-16-37-24(33-22)15-20(17(2)3)21(35-37)14-19-6-5-12-31-26(19)38/h9,13,15-19,25H,4-8,10-12,14H2,1-3H3,(H,31,38)(H,34,39). The van der Waals surface area contributed by atoms with Crippen molar-refractivity contribution in [2.24, 2.45) is 11.8 Å². The molecule has 210 valence electrons. The Morgan fingerprint density at radius 1 is 1.26 bits per heavy atom. The number of hydrogen-bond donors (Lipinski definition) is 2. The first kappa shape index (κ1) is 27.2. The number of nitrogens with one attached hydrogen (secondary N) is 2. The summed E-state index contributed by atoms with van der Waals surface area (Å²) in [6, 6.07) is 3.10. The highest BCUT2D eigenvalue weighted by Crippen LogP contribution is 2.41. The Labute approximate surface area is 226 Å². The number of imidazole rings is 1. The van der Waals surface area contributed by atoms with Gasteiger partial charge in [0.2, 0.25) is 11.8 Å². The maximum Gasteiger partial charge on any atom is 0.270 e. The lowest BCUT2D eigenvalue weighted by atomic mass is 9.81. The fraction of sp³-hybridized carbons (Fsp3) is 0.607. The maximum atomic E-state index is 14.0. The van der Waals surface area contributed by atoms with Gasteiger partial charge in [-0.1, -0.05) is 13.8 Å². The van der Waals surface area contributed by atoms with E-state index in [4.69, 9.17) is 10.1 Å². The topological polar surface area (TPSA) is 106 Å². The van der Waals surface area contributed by atoms with Crippen LogP contribution in [0.15, 0.2) is 24.5 Å². The number of carbonyl (C=O) groups is 2. The Morgan fingerprint density at radius 3 is 2.72 bits per heavy atom. The number of aryl methyl sites for hydroxylation is 1. The Balaban J connectivity index is 1.49. The third-order valence-electron chi connectivity index (χ3n) is 8.13. The summed E-state index contributed by atoms with van der Waals surface area (Å²) >= 11 is 0. The van der Waals surface area contributed by atoms with E-state index in [0.717, 1.165) is 24.1 Å². The summed E-state index contributed by atoms with van der Waals surface area (Å²) < 4.78 is 31.4. The highest BCUT2D eigenvalue weighted by atomic mass is 19.3. The van der Waals surface area contributed by atoms with Gasteiger partial charge < -0.3 is 10.6 Å². The van der Waals surface area contributed by atoms with E-state index in [-0.39, 0.29) is 55.3 Å². The molecule has 39 heavy (non-hydrogen) atoms. The van der Waals surface area contributed by atoms with Gasteiger partial charge in [0.25, 0.3) is 5.91 Å². The minimum Gasteiger partial charge on any atom is -0.356 e. The van der Waals surface area contributed by atoms with Gasteiger partial charge in [0.05, 0.1) is 23.6 Å². The number of fused-ring (bicyclic) bond motifs is 1. The molecule has 0 radical (unpaired) electrons. The van der Waals surface area contributed by atoms with E-state index in [9.17, 15) is 18.4 Å². The van der Waals surface area contributed by atoms with Crippen molar-refractivity contribution in [2.45, 2.75) is 90.1 Å². The number of alkyl halides is 2. The second-order valence-electron chi connectivity index (χ2n) is 11.2. The van der Waals surface area contributed by atoms with Crippen molar-refractivity contribution >= 4 is 17.5 Å². The van der Waals surface area contributed by atoms with Gasteiger partial charge in [-0.05, 0) is 62.1 Å². The minimum atomic E-state index is -2.68. The number of hydrogen-bond acceptors (Lipinski definition) is 5. The molecule has 0 aromatic carbocycles. The lowest BCUT2D eigenvalue weighted by Crippen LogP contribution is -2.38. The second-order valence-corrected chi connectivity index (χ2v) is 11.2. The summed E-state index contributed by atoms with van der Waals surface area (Å²) in [6.45, 7) is 7.32. The molecule has 2 unspecified atom stereocenters. The van der Waals surface area contributed by atoms with Gasteiger partial charge in [-0.3, -0.25) is 14.3 Å². The molecule has 1 saturated carbocycles. The van der Waals surface area contributed by atoms with E-state index >= 15 is 0 Å². The van der Waals surface area contributed by atoms with E-state index in [1.807, 2.05) is 13.0 Å². The molecule has 2 amide bonds. The smallest absolute Gasteiger partial charge is 0.270 e. The molecule has 9 nitrogen and oxygen atoms in total. The molecule has 1 aliphatic carbocycles. The van der Waals surface area contributed by atoms with Crippen LogP contribution in [0.2, 0.25) is 0 Å². The predicted molar refractivity (Wildman–Crippen MR) is 142 cm³/mol. The summed E-state index contributed by atoms with van der Waals surface area (Å²) in [5, 5.41) is 15.1. The molecule has 0 spiro atoms. The van der Waals surface area contributed by atoms with E-state index < -0.39 is 12.0 Å². The Bertz CT molecular complexity index is 1340. The highest BCUT2D eigenvalue weighted by molar-refractivity contribution is 5.92. The Kier molecular flexibility index (Phi) is 7.68. The summed E-state index contributed by atoms with van der Waals surface area (Å²) in [5.41, 5.74) is 3.53. The molecule has 2 N–H and O–H groups in total. The average Bonchev–Trinajstić information content (AvgIpc) is 3.55. The largest absolute Gasteiger partial charge is 0.356 e. The predicted octanol–water partition coefficient (Wildman–Crippen LogP) is 4.43. The molecule has 5 rings (SSSR count). The molecule has 2 fully saturated rings. The first-order valence-corrected chi connectivity index (χ1v) is 14.0. The molecule has 1 aliphatic heterocycles. The van der Waals surface area contributed by atoms with Gasteiger partial charge in [-0.15, -0.1) is 0 Å². The Morgan fingerprint density at radius 2 is 2.03 bits per heavy atom. The second kappa shape index (κ2) is 11.0. The number of piperidine rings is 1. The van der Waals surface area contributed by atoms with Crippen molar-refractivity contribution in [1.29, 1.82) is 0 Å². The molecule has 0 bridgehead atoms. The molecule has 2 atom stereocenters. The van der Waals surface area contributed by atoms with Crippen LogP contribution in [0.4, 0.5) is 8.78 Å². The normalized spacial score (nSPS) is 20.8. The van der Waals surface area contributed by atoms with Crippen molar-refractivity contribution < 1.29 is 18.4 Å². The van der Waals surface area contributed by atoms with E-state index in [0.29, 0.717) is 36.5 Å². The molecule has 3 aromatic rings. The quantitative estimate of drug-likeness (QED) is 0.439. The van der Waals surface area contributed by atoms with Gasteiger partial charge in [-0.25, -0.2) is 18.3 Å². The van der Waals surface area contributed by atoms with Crippen molar-refractivity contribution in [3.05, 3.63) is 47.2 Å². The summed E-state index contributed by atoms with van der Waals surface area (Å²) in [5.74, 6) is -3.07. The van der Waals surface area contributed by atoms with Crippen LogP contribution in [-0.2, 0) is 17.8 Å². The van der Waals surface area contributed by atoms with Gasteiger partial charge in [0.1, 0.15) is 5.69 Å². The van der Waals surface area contributed by atoms with Crippen LogP contribution in [0, 0.1) is 11.8 Å².